The molecule has 2 rings (SSSR count). The van der Waals surface area contributed by atoms with Gasteiger partial charge in [0.1, 0.15) is 11.6 Å². The van der Waals surface area contributed by atoms with Gasteiger partial charge in [0, 0.05) is 24.8 Å². The lowest BCUT2D eigenvalue weighted by molar-refractivity contribution is 0.0588. The van der Waals surface area contributed by atoms with E-state index in [4.69, 9.17) is 10.3 Å². The second kappa shape index (κ2) is 8.16. The molecule has 0 aliphatic carbocycles. The minimum Gasteiger partial charge on any atom is -0.464 e. The number of rotatable bonds is 6. The van der Waals surface area contributed by atoms with E-state index in [9.17, 15) is 4.79 Å². The van der Waals surface area contributed by atoms with Gasteiger partial charge in [-0.1, -0.05) is 16.9 Å². The SMILES string of the molecule is COC(=O)c1noc(C)c1CSc1nnc(CCN)n1C.Cl. The third kappa shape index (κ3) is 3.79. The number of esters is 1. The first-order valence-electron chi connectivity index (χ1n) is 6.33. The Hall–Kier alpha value is -1.58. The smallest absolute Gasteiger partial charge is 0.360 e. The van der Waals surface area contributed by atoms with Crippen LogP contribution in [0, 0.1) is 6.92 Å². The second-order valence-electron chi connectivity index (χ2n) is 4.34. The van der Waals surface area contributed by atoms with Crippen LogP contribution in [0.4, 0.5) is 0 Å². The Balaban J connectivity index is 0.00000242. The molecular formula is C12H18ClN5O3S. The first kappa shape index (κ1) is 18.5. The number of carbonyl (C=O) groups excluding carboxylic acids is 1. The maximum absolute atomic E-state index is 11.6. The highest BCUT2D eigenvalue weighted by atomic mass is 35.5. The van der Waals surface area contributed by atoms with Gasteiger partial charge >= 0.3 is 5.97 Å². The number of hydrogen-bond donors (Lipinski definition) is 1. The van der Waals surface area contributed by atoms with Crippen LogP contribution < -0.4 is 5.73 Å². The van der Waals surface area contributed by atoms with Crippen LogP contribution >= 0.6 is 24.2 Å². The Kier molecular flexibility index (Phi) is 6.85. The molecule has 2 N–H and O–H groups in total. The number of ether oxygens (including phenoxy) is 1. The van der Waals surface area contributed by atoms with E-state index in [1.54, 1.807) is 6.92 Å². The minimum absolute atomic E-state index is 0. The highest BCUT2D eigenvalue weighted by Gasteiger charge is 2.21. The van der Waals surface area contributed by atoms with Crippen LogP contribution in [0.1, 0.15) is 27.6 Å². The molecule has 2 aromatic heterocycles. The molecule has 0 aliphatic heterocycles. The minimum atomic E-state index is -0.510. The molecule has 2 heterocycles. The molecule has 0 atom stereocenters. The van der Waals surface area contributed by atoms with Crippen molar-refractivity contribution in [3.8, 4) is 0 Å². The van der Waals surface area contributed by atoms with Gasteiger partial charge < -0.3 is 19.6 Å². The van der Waals surface area contributed by atoms with E-state index in [1.807, 2.05) is 11.6 Å². The van der Waals surface area contributed by atoms with Crippen molar-refractivity contribution in [3.63, 3.8) is 0 Å². The van der Waals surface area contributed by atoms with E-state index >= 15 is 0 Å². The number of halogens is 1. The zero-order valence-electron chi connectivity index (χ0n) is 12.5. The Morgan fingerprint density at radius 2 is 2.18 bits per heavy atom. The molecule has 0 radical (unpaired) electrons. The number of nitrogens with two attached hydrogens (primary N) is 1. The molecule has 22 heavy (non-hydrogen) atoms. The number of nitrogens with zero attached hydrogens (tertiary/aromatic N) is 4. The number of carbonyl (C=O) groups is 1. The average molecular weight is 348 g/mol. The van der Waals surface area contributed by atoms with Crippen LogP contribution in [0.5, 0.6) is 0 Å². The van der Waals surface area contributed by atoms with Gasteiger partial charge in [0.25, 0.3) is 0 Å². The quantitative estimate of drug-likeness (QED) is 0.611. The molecule has 0 aromatic carbocycles. The highest BCUT2D eigenvalue weighted by Crippen LogP contribution is 2.25. The van der Waals surface area contributed by atoms with Gasteiger partial charge in [-0.25, -0.2) is 4.79 Å². The van der Waals surface area contributed by atoms with Gasteiger partial charge in [0.2, 0.25) is 0 Å². The van der Waals surface area contributed by atoms with E-state index in [2.05, 4.69) is 20.1 Å². The van der Waals surface area contributed by atoms with Crippen LogP contribution in [0.15, 0.2) is 9.68 Å². The normalized spacial score (nSPS) is 10.4. The summed E-state index contributed by atoms with van der Waals surface area (Å²) in [4.78, 5) is 11.6. The molecule has 0 amide bonds. The van der Waals surface area contributed by atoms with Gasteiger partial charge in [-0.15, -0.1) is 22.6 Å². The van der Waals surface area contributed by atoms with Gasteiger partial charge in [-0.3, -0.25) is 0 Å². The third-order valence-corrected chi connectivity index (χ3v) is 4.05. The predicted octanol–water partition coefficient (Wildman–Crippen LogP) is 1.11. The fourth-order valence-electron chi connectivity index (χ4n) is 1.77. The van der Waals surface area contributed by atoms with E-state index in [0.29, 0.717) is 30.0 Å². The van der Waals surface area contributed by atoms with E-state index in [1.165, 1.54) is 18.9 Å². The van der Waals surface area contributed by atoms with Crippen molar-refractivity contribution >= 4 is 30.1 Å². The largest absolute Gasteiger partial charge is 0.464 e. The van der Waals surface area contributed by atoms with Crippen LogP contribution in [-0.4, -0.2) is 39.5 Å². The summed E-state index contributed by atoms with van der Waals surface area (Å²) in [7, 11) is 3.19. The lowest BCUT2D eigenvalue weighted by Gasteiger charge is -2.03. The number of aromatic nitrogens is 4. The van der Waals surface area contributed by atoms with Crippen molar-refractivity contribution in [3.05, 3.63) is 22.8 Å². The first-order valence-corrected chi connectivity index (χ1v) is 7.31. The average Bonchev–Trinajstić information content (AvgIpc) is 3.01. The molecule has 8 nitrogen and oxygen atoms in total. The Labute approximate surface area is 138 Å². The molecule has 2 aromatic rings. The van der Waals surface area contributed by atoms with Crippen LogP contribution in [0.3, 0.4) is 0 Å². The van der Waals surface area contributed by atoms with Crippen LogP contribution in [0.25, 0.3) is 0 Å². The van der Waals surface area contributed by atoms with Gasteiger partial charge in [0.05, 0.1) is 7.11 Å². The summed E-state index contributed by atoms with van der Waals surface area (Å²) in [6.45, 7) is 2.28. The topological polar surface area (TPSA) is 109 Å². The molecular weight excluding hydrogens is 330 g/mol. The summed E-state index contributed by atoms with van der Waals surface area (Å²) in [6, 6.07) is 0. The first-order chi connectivity index (χ1) is 10.1. The van der Waals surface area contributed by atoms with Crippen molar-refractivity contribution in [1.29, 1.82) is 0 Å². The van der Waals surface area contributed by atoms with Crippen molar-refractivity contribution < 1.29 is 14.1 Å². The standard InChI is InChI=1S/C12H17N5O3S.ClH/c1-7-8(10(16-20-7)11(18)19-3)6-21-12-15-14-9(4-5-13)17(12)2;/h4-6,13H2,1-3H3;1H. The van der Waals surface area contributed by atoms with Crippen molar-refractivity contribution in [2.75, 3.05) is 13.7 Å². The van der Waals surface area contributed by atoms with E-state index in [0.717, 1.165) is 11.0 Å². The Bertz CT molecular complexity index is 643. The zero-order valence-corrected chi connectivity index (χ0v) is 14.2. The zero-order chi connectivity index (χ0) is 15.4. The summed E-state index contributed by atoms with van der Waals surface area (Å²) in [6.07, 6.45) is 0.670. The van der Waals surface area contributed by atoms with Crippen molar-refractivity contribution in [1.82, 2.24) is 19.9 Å². The monoisotopic (exact) mass is 347 g/mol. The number of thioether (sulfide) groups is 1. The van der Waals surface area contributed by atoms with Crippen molar-refractivity contribution in [2.24, 2.45) is 12.8 Å². The van der Waals surface area contributed by atoms with E-state index < -0.39 is 5.97 Å². The summed E-state index contributed by atoms with van der Waals surface area (Å²) < 4.78 is 11.6. The molecule has 0 aliphatic rings. The maximum Gasteiger partial charge on any atom is 0.360 e. The summed E-state index contributed by atoms with van der Waals surface area (Å²) in [5, 5.41) is 12.7. The lowest BCUT2D eigenvalue weighted by atomic mass is 10.2. The summed E-state index contributed by atoms with van der Waals surface area (Å²) in [5.74, 6) is 1.40. The molecule has 0 bridgehead atoms. The predicted molar refractivity (Wildman–Crippen MR) is 83.1 cm³/mol. The maximum atomic E-state index is 11.6. The Morgan fingerprint density at radius 1 is 1.45 bits per heavy atom. The van der Waals surface area contributed by atoms with Crippen LogP contribution in [0.2, 0.25) is 0 Å². The second-order valence-corrected chi connectivity index (χ2v) is 5.29. The molecule has 0 saturated heterocycles. The number of hydrogen-bond acceptors (Lipinski definition) is 8. The fourth-order valence-corrected chi connectivity index (χ4v) is 2.78. The number of methoxy groups -OCH3 is 1. The molecule has 0 unspecified atom stereocenters. The molecule has 122 valence electrons. The third-order valence-electron chi connectivity index (χ3n) is 3.00. The summed E-state index contributed by atoms with van der Waals surface area (Å²) >= 11 is 1.45. The van der Waals surface area contributed by atoms with Gasteiger partial charge in [0.15, 0.2) is 10.9 Å². The van der Waals surface area contributed by atoms with E-state index in [-0.39, 0.29) is 18.1 Å². The lowest BCUT2D eigenvalue weighted by Crippen LogP contribution is -2.08. The van der Waals surface area contributed by atoms with Crippen LogP contribution in [-0.2, 0) is 24.0 Å². The van der Waals surface area contributed by atoms with Gasteiger partial charge in [-0.2, -0.15) is 0 Å². The highest BCUT2D eigenvalue weighted by molar-refractivity contribution is 7.98. The Morgan fingerprint density at radius 3 is 2.82 bits per heavy atom. The fraction of sp³-hybridized carbons (Fsp3) is 0.500. The molecule has 0 saturated carbocycles. The van der Waals surface area contributed by atoms with Crippen molar-refractivity contribution in [2.45, 2.75) is 24.3 Å². The molecule has 0 fully saturated rings. The summed E-state index contributed by atoms with van der Waals surface area (Å²) in [5.41, 5.74) is 6.42. The number of aryl methyl sites for hydroxylation is 1. The van der Waals surface area contributed by atoms with Gasteiger partial charge in [-0.05, 0) is 13.5 Å². The molecule has 0 spiro atoms. The molecule has 10 heteroatoms.